The Morgan fingerprint density at radius 3 is 2.28 bits per heavy atom. The van der Waals surface area contributed by atoms with E-state index in [2.05, 4.69) is 68.3 Å². The lowest BCUT2D eigenvalue weighted by atomic mass is 9.80. The van der Waals surface area contributed by atoms with Gasteiger partial charge in [-0.05, 0) is 65.9 Å². The number of methoxy groups -OCH3 is 2. The van der Waals surface area contributed by atoms with Crippen molar-refractivity contribution >= 4 is 35.9 Å². The molecular weight excluding hydrogens is 422 g/mol. The maximum atomic E-state index is 5.65. The molecule has 3 rings (SSSR count). The van der Waals surface area contributed by atoms with E-state index < -0.39 is 0 Å². The minimum atomic E-state index is 0. The summed E-state index contributed by atoms with van der Waals surface area (Å²) >= 11 is 4.41. The highest BCUT2D eigenvalue weighted by Crippen LogP contribution is 2.56. The lowest BCUT2D eigenvalue weighted by molar-refractivity contribution is 0.0860. The summed E-state index contributed by atoms with van der Waals surface area (Å²) in [5, 5.41) is 0. The SMILES string of the molecule is CCSC1(SCC)CC2c3cc(OC)c(OC)cc3CCN2CC1CC(C)C.Cl. The van der Waals surface area contributed by atoms with Gasteiger partial charge in [0.1, 0.15) is 0 Å². The molecule has 0 bridgehead atoms. The Hall–Kier alpha value is -0.230. The fraction of sp³-hybridized carbons (Fsp3) is 0.739. The number of fused-ring (bicyclic) bond motifs is 3. The van der Waals surface area contributed by atoms with Gasteiger partial charge in [0.15, 0.2) is 11.5 Å². The molecule has 0 aliphatic carbocycles. The van der Waals surface area contributed by atoms with Gasteiger partial charge in [-0.25, -0.2) is 0 Å². The Balaban J connectivity index is 0.00000300. The highest BCUT2D eigenvalue weighted by atomic mass is 35.5. The van der Waals surface area contributed by atoms with Gasteiger partial charge < -0.3 is 9.47 Å². The molecule has 166 valence electrons. The summed E-state index contributed by atoms with van der Waals surface area (Å²) in [6, 6.07) is 4.96. The first-order chi connectivity index (χ1) is 13.5. The number of ether oxygens (including phenoxy) is 2. The zero-order valence-electron chi connectivity index (χ0n) is 18.8. The van der Waals surface area contributed by atoms with Crippen LogP contribution in [0.5, 0.6) is 11.5 Å². The lowest BCUT2D eigenvalue weighted by Crippen LogP contribution is -2.52. The van der Waals surface area contributed by atoms with E-state index in [4.69, 9.17) is 9.47 Å². The number of hydrogen-bond donors (Lipinski definition) is 0. The summed E-state index contributed by atoms with van der Waals surface area (Å²) in [4.78, 5) is 2.76. The van der Waals surface area contributed by atoms with Crippen molar-refractivity contribution in [1.29, 1.82) is 0 Å². The zero-order chi connectivity index (χ0) is 20.3. The number of piperidine rings is 1. The van der Waals surface area contributed by atoms with Crippen molar-refractivity contribution in [2.45, 2.75) is 57.1 Å². The van der Waals surface area contributed by atoms with Gasteiger partial charge in [0.25, 0.3) is 0 Å². The summed E-state index contributed by atoms with van der Waals surface area (Å²) in [6.45, 7) is 11.8. The predicted octanol–water partition coefficient (Wildman–Crippen LogP) is 6.29. The van der Waals surface area contributed by atoms with Gasteiger partial charge in [-0.15, -0.1) is 35.9 Å². The molecule has 2 aliphatic rings. The first-order valence-electron chi connectivity index (χ1n) is 10.7. The molecule has 0 N–H and O–H groups in total. The Bertz CT molecular complexity index is 665. The van der Waals surface area contributed by atoms with Crippen molar-refractivity contribution in [3.05, 3.63) is 23.3 Å². The predicted molar refractivity (Wildman–Crippen MR) is 131 cm³/mol. The molecule has 2 aliphatic heterocycles. The fourth-order valence-electron chi connectivity index (χ4n) is 5.10. The van der Waals surface area contributed by atoms with Crippen LogP contribution in [0.25, 0.3) is 0 Å². The Labute approximate surface area is 192 Å². The average Bonchev–Trinajstić information content (AvgIpc) is 2.67. The quantitative estimate of drug-likeness (QED) is 0.424. The number of benzene rings is 1. The molecule has 3 nitrogen and oxygen atoms in total. The van der Waals surface area contributed by atoms with Crippen LogP contribution in [0.1, 0.15) is 57.7 Å². The molecule has 1 fully saturated rings. The second-order valence-electron chi connectivity index (χ2n) is 8.38. The molecule has 29 heavy (non-hydrogen) atoms. The van der Waals surface area contributed by atoms with E-state index in [1.165, 1.54) is 42.0 Å². The smallest absolute Gasteiger partial charge is 0.161 e. The molecule has 1 saturated heterocycles. The van der Waals surface area contributed by atoms with Crippen LogP contribution in [0.4, 0.5) is 0 Å². The molecule has 6 heteroatoms. The van der Waals surface area contributed by atoms with Crippen molar-refractivity contribution in [2.75, 3.05) is 38.8 Å². The lowest BCUT2D eigenvalue weighted by Gasteiger charge is -2.53. The first kappa shape index (κ1) is 25.0. The molecule has 0 aromatic heterocycles. The molecule has 0 amide bonds. The maximum Gasteiger partial charge on any atom is 0.161 e. The van der Waals surface area contributed by atoms with Crippen LogP contribution in [0.3, 0.4) is 0 Å². The van der Waals surface area contributed by atoms with Crippen LogP contribution in [0, 0.1) is 11.8 Å². The molecule has 0 spiro atoms. The van der Waals surface area contributed by atoms with Crippen LogP contribution in [-0.4, -0.2) is 47.8 Å². The standard InChI is InChI=1S/C23H37NO2S2.ClH/c1-7-27-23(28-8-2)14-20-19-13-22(26-6)21(25-5)12-17(19)9-10-24(20)15-18(23)11-16(3)4;/h12-13,16,18,20H,7-11,14-15H2,1-6H3;1H. The van der Waals surface area contributed by atoms with E-state index in [1.54, 1.807) is 14.2 Å². The van der Waals surface area contributed by atoms with Gasteiger partial charge in [0, 0.05) is 19.1 Å². The van der Waals surface area contributed by atoms with Crippen molar-refractivity contribution in [3.63, 3.8) is 0 Å². The Morgan fingerprint density at radius 2 is 1.72 bits per heavy atom. The number of hydrogen-bond acceptors (Lipinski definition) is 5. The number of thioether (sulfide) groups is 2. The third kappa shape index (κ3) is 5.16. The second kappa shape index (κ2) is 10.9. The highest BCUT2D eigenvalue weighted by molar-refractivity contribution is 8.18. The van der Waals surface area contributed by atoms with Crippen LogP contribution in [0.15, 0.2) is 12.1 Å². The third-order valence-electron chi connectivity index (χ3n) is 6.20. The average molecular weight is 460 g/mol. The van der Waals surface area contributed by atoms with E-state index >= 15 is 0 Å². The van der Waals surface area contributed by atoms with Gasteiger partial charge in [-0.3, -0.25) is 4.90 Å². The summed E-state index contributed by atoms with van der Waals surface area (Å²) in [6.07, 6.45) is 3.65. The van der Waals surface area contributed by atoms with Crippen LogP contribution >= 0.6 is 35.9 Å². The van der Waals surface area contributed by atoms with E-state index in [0.29, 0.717) is 10.1 Å². The monoisotopic (exact) mass is 459 g/mol. The van der Waals surface area contributed by atoms with E-state index in [1.807, 2.05) is 0 Å². The fourth-order valence-corrected chi connectivity index (χ4v) is 8.49. The van der Waals surface area contributed by atoms with Gasteiger partial charge in [-0.1, -0.05) is 27.7 Å². The molecular formula is C23H38ClNO2S2. The minimum Gasteiger partial charge on any atom is -0.493 e. The van der Waals surface area contributed by atoms with Crippen molar-refractivity contribution < 1.29 is 9.47 Å². The molecule has 2 heterocycles. The molecule has 2 atom stereocenters. The zero-order valence-corrected chi connectivity index (χ0v) is 21.3. The highest BCUT2D eigenvalue weighted by Gasteiger charge is 2.48. The topological polar surface area (TPSA) is 21.7 Å². The summed E-state index contributed by atoms with van der Waals surface area (Å²) < 4.78 is 11.5. The van der Waals surface area contributed by atoms with Crippen LogP contribution < -0.4 is 9.47 Å². The van der Waals surface area contributed by atoms with Crippen molar-refractivity contribution in [3.8, 4) is 11.5 Å². The summed E-state index contributed by atoms with van der Waals surface area (Å²) in [5.41, 5.74) is 2.91. The van der Waals surface area contributed by atoms with E-state index in [0.717, 1.165) is 36.3 Å². The largest absolute Gasteiger partial charge is 0.493 e. The summed E-state index contributed by atoms with van der Waals surface area (Å²) in [7, 11) is 3.48. The van der Waals surface area contributed by atoms with Crippen LogP contribution in [-0.2, 0) is 6.42 Å². The molecule has 0 saturated carbocycles. The van der Waals surface area contributed by atoms with Gasteiger partial charge in [0.2, 0.25) is 0 Å². The first-order valence-corrected chi connectivity index (χ1v) is 12.7. The van der Waals surface area contributed by atoms with Crippen molar-refractivity contribution in [2.24, 2.45) is 11.8 Å². The minimum absolute atomic E-state index is 0. The van der Waals surface area contributed by atoms with E-state index in [9.17, 15) is 0 Å². The van der Waals surface area contributed by atoms with Gasteiger partial charge >= 0.3 is 0 Å². The Kier molecular flexibility index (Phi) is 9.39. The third-order valence-corrected chi connectivity index (χ3v) is 9.46. The Morgan fingerprint density at radius 1 is 1.10 bits per heavy atom. The van der Waals surface area contributed by atoms with Gasteiger partial charge in [-0.2, -0.15) is 0 Å². The molecule has 0 radical (unpaired) electrons. The van der Waals surface area contributed by atoms with Crippen molar-refractivity contribution in [1.82, 2.24) is 4.90 Å². The number of nitrogens with zero attached hydrogens (tertiary/aromatic N) is 1. The number of halogens is 1. The molecule has 2 unspecified atom stereocenters. The van der Waals surface area contributed by atoms with Gasteiger partial charge in [0.05, 0.1) is 18.3 Å². The molecule has 1 aromatic carbocycles. The normalized spacial score (nSPS) is 23.1. The number of rotatable bonds is 8. The second-order valence-corrected chi connectivity index (χ2v) is 11.8. The molecule has 1 aromatic rings. The summed E-state index contributed by atoms with van der Waals surface area (Å²) in [5.74, 6) is 5.60. The maximum absolute atomic E-state index is 5.65. The van der Waals surface area contributed by atoms with Crippen LogP contribution in [0.2, 0.25) is 0 Å². The van der Waals surface area contributed by atoms with E-state index in [-0.39, 0.29) is 12.4 Å².